The van der Waals surface area contributed by atoms with Gasteiger partial charge in [0.2, 0.25) is 0 Å². The summed E-state index contributed by atoms with van der Waals surface area (Å²) in [6.07, 6.45) is 4.21. The van der Waals surface area contributed by atoms with Crippen LogP contribution < -0.4 is 15.1 Å². The number of benzene rings is 2. The molecule has 0 unspecified atom stereocenters. The second-order valence-electron chi connectivity index (χ2n) is 10.2. The summed E-state index contributed by atoms with van der Waals surface area (Å²) in [7, 11) is 2.17. The Balaban J connectivity index is 1.67. The molecule has 3 aromatic rings. The Labute approximate surface area is 208 Å². The number of nitrogens with one attached hydrogen (secondary N) is 1. The summed E-state index contributed by atoms with van der Waals surface area (Å²) in [5, 5.41) is 4.32. The average Bonchev–Trinajstić information content (AvgIpc) is 3.14. The zero-order valence-corrected chi connectivity index (χ0v) is 21.6. The predicted octanol–water partition coefficient (Wildman–Crippen LogP) is 6.51. The summed E-state index contributed by atoms with van der Waals surface area (Å²) in [5.74, 6) is 0. The Morgan fingerprint density at radius 2 is 1.71 bits per heavy atom. The molecule has 1 saturated heterocycles. The lowest BCUT2D eigenvalue weighted by Crippen LogP contribution is -2.42. The van der Waals surface area contributed by atoms with Crippen LogP contribution in [-0.2, 0) is 0 Å². The van der Waals surface area contributed by atoms with Gasteiger partial charge in [-0.1, -0.05) is 24.3 Å². The molecule has 2 aliphatic heterocycles. The number of aromatic nitrogens is 1. The van der Waals surface area contributed by atoms with Crippen LogP contribution in [0.15, 0.2) is 66.9 Å². The van der Waals surface area contributed by atoms with E-state index in [2.05, 4.69) is 105 Å². The maximum absolute atomic E-state index is 5.92. The summed E-state index contributed by atoms with van der Waals surface area (Å²) < 4.78 is 0. The first-order valence-corrected chi connectivity index (χ1v) is 12.2. The van der Waals surface area contributed by atoms with Gasteiger partial charge < -0.3 is 15.1 Å². The molecule has 2 aromatic carbocycles. The van der Waals surface area contributed by atoms with Crippen molar-refractivity contribution in [2.45, 2.75) is 52.2 Å². The van der Waals surface area contributed by atoms with E-state index in [1.165, 1.54) is 33.5 Å². The fourth-order valence-corrected chi connectivity index (χ4v) is 5.77. The Hall–Kier alpha value is -3.18. The molecule has 2 aliphatic rings. The van der Waals surface area contributed by atoms with Gasteiger partial charge in [-0.3, -0.25) is 4.98 Å². The molecule has 0 radical (unpaired) electrons. The number of fused-ring (bicyclic) bond motifs is 1. The third-order valence-corrected chi connectivity index (χ3v) is 7.48. The van der Waals surface area contributed by atoms with E-state index in [1.807, 2.05) is 18.3 Å². The van der Waals surface area contributed by atoms with Crippen LogP contribution in [0.5, 0.6) is 0 Å². The van der Waals surface area contributed by atoms with Crippen LogP contribution in [0.25, 0.3) is 5.57 Å². The minimum atomic E-state index is -0.0467. The Morgan fingerprint density at radius 3 is 2.38 bits per heavy atom. The fraction of sp³-hybridized carbons (Fsp3) is 0.310. The normalized spacial score (nSPS) is 21.2. The minimum Gasteiger partial charge on any atom is -0.366 e. The van der Waals surface area contributed by atoms with Crippen LogP contribution in [0, 0.1) is 13.8 Å². The molecule has 0 saturated carbocycles. The number of hydrogen-bond acceptors (Lipinski definition) is 3. The number of anilines is 2. The molecule has 2 atom stereocenters. The molecule has 5 heteroatoms. The number of rotatable bonds is 3. The minimum absolute atomic E-state index is 0.0121. The number of thiocarbonyl (C=S) groups is 1. The third kappa shape index (κ3) is 3.78. The topological polar surface area (TPSA) is 31.4 Å². The maximum atomic E-state index is 5.92. The van der Waals surface area contributed by atoms with E-state index in [1.54, 1.807) is 0 Å². The fourth-order valence-electron chi connectivity index (χ4n) is 5.42. The molecule has 5 rings (SSSR count). The van der Waals surface area contributed by atoms with Gasteiger partial charge in [-0.05, 0) is 105 Å². The molecule has 3 heterocycles. The molecular formula is C29H32N4S. The van der Waals surface area contributed by atoms with Crippen molar-refractivity contribution in [3.8, 4) is 0 Å². The van der Waals surface area contributed by atoms with Crippen molar-refractivity contribution in [3.05, 3.63) is 94.8 Å². The van der Waals surface area contributed by atoms with Crippen LogP contribution in [-0.4, -0.2) is 22.7 Å². The number of allylic oxidation sites excluding steroid dienone is 1. The highest BCUT2D eigenvalue weighted by atomic mass is 32.1. The first-order valence-electron chi connectivity index (χ1n) is 11.8. The number of pyridine rings is 1. The first kappa shape index (κ1) is 22.6. The van der Waals surface area contributed by atoms with Gasteiger partial charge in [0.25, 0.3) is 0 Å². The van der Waals surface area contributed by atoms with E-state index < -0.39 is 0 Å². The smallest absolute Gasteiger partial charge is 0.174 e. The second-order valence-corrected chi connectivity index (χ2v) is 10.5. The SMILES string of the molecule is CC1=CC(C)(C)N(C)c2ccc([C@H]3[C@H](c4ccccn4)NC(=S)N3c3cc(C)cc(C)c3)cc21. The van der Waals surface area contributed by atoms with Gasteiger partial charge in [0.1, 0.15) is 0 Å². The molecule has 34 heavy (non-hydrogen) atoms. The number of likely N-dealkylation sites (N-methyl/N-ethyl adjacent to an activating group) is 1. The molecule has 1 N–H and O–H groups in total. The van der Waals surface area contributed by atoms with E-state index in [0.717, 1.165) is 16.5 Å². The van der Waals surface area contributed by atoms with Crippen LogP contribution in [0.4, 0.5) is 11.4 Å². The molecule has 1 aromatic heterocycles. The zero-order valence-electron chi connectivity index (χ0n) is 20.8. The van der Waals surface area contributed by atoms with Gasteiger partial charge in [0.05, 0.1) is 23.3 Å². The van der Waals surface area contributed by atoms with E-state index in [4.69, 9.17) is 17.2 Å². The van der Waals surface area contributed by atoms with Gasteiger partial charge >= 0.3 is 0 Å². The van der Waals surface area contributed by atoms with Gasteiger partial charge in [-0.15, -0.1) is 0 Å². The van der Waals surface area contributed by atoms with Gasteiger partial charge in [-0.25, -0.2) is 0 Å². The van der Waals surface area contributed by atoms with Crippen molar-refractivity contribution in [2.75, 3.05) is 16.8 Å². The molecule has 4 nitrogen and oxygen atoms in total. The quantitative estimate of drug-likeness (QED) is 0.443. The summed E-state index contributed by atoms with van der Waals surface area (Å²) in [6, 6.07) is 19.5. The molecule has 0 amide bonds. The lowest BCUT2D eigenvalue weighted by Gasteiger charge is -2.41. The Bertz CT molecular complexity index is 1270. The number of hydrogen-bond donors (Lipinski definition) is 1. The van der Waals surface area contributed by atoms with Crippen molar-refractivity contribution in [3.63, 3.8) is 0 Å². The van der Waals surface area contributed by atoms with E-state index in [0.29, 0.717) is 0 Å². The number of aryl methyl sites for hydroxylation is 2. The third-order valence-electron chi connectivity index (χ3n) is 7.17. The van der Waals surface area contributed by atoms with Crippen LogP contribution in [0.1, 0.15) is 60.8 Å². The summed E-state index contributed by atoms with van der Waals surface area (Å²) in [6.45, 7) is 11.0. The highest BCUT2D eigenvalue weighted by molar-refractivity contribution is 7.80. The largest absolute Gasteiger partial charge is 0.366 e. The molecule has 0 aliphatic carbocycles. The standard InChI is InChI=1S/C29H32N4S/c1-18-13-19(2)15-22(14-18)33-27(26(31-28(33)34)24-9-7-8-12-30-24)21-10-11-25-23(16-21)20(3)17-29(4,5)32(25)6/h7-17,26-27H,1-6H3,(H,31,34)/t26-,27-/m0/s1. The Kier molecular flexibility index (Phi) is 5.48. The number of nitrogens with zero attached hydrogens (tertiary/aromatic N) is 3. The highest BCUT2D eigenvalue weighted by Crippen LogP contribution is 2.45. The van der Waals surface area contributed by atoms with Crippen LogP contribution in [0.2, 0.25) is 0 Å². The van der Waals surface area contributed by atoms with Crippen LogP contribution >= 0.6 is 12.2 Å². The highest BCUT2D eigenvalue weighted by Gasteiger charge is 2.41. The monoisotopic (exact) mass is 468 g/mol. The first-order chi connectivity index (χ1) is 16.2. The maximum Gasteiger partial charge on any atom is 0.174 e. The zero-order chi connectivity index (χ0) is 24.2. The van der Waals surface area contributed by atoms with E-state index in [-0.39, 0.29) is 17.6 Å². The summed E-state index contributed by atoms with van der Waals surface area (Å²) in [5.41, 5.74) is 9.61. The molecule has 0 spiro atoms. The van der Waals surface area contributed by atoms with Crippen molar-refractivity contribution >= 4 is 34.3 Å². The van der Waals surface area contributed by atoms with Crippen molar-refractivity contribution in [1.82, 2.24) is 10.3 Å². The Morgan fingerprint density at radius 1 is 0.971 bits per heavy atom. The second kappa shape index (κ2) is 8.24. The molecule has 174 valence electrons. The lowest BCUT2D eigenvalue weighted by atomic mass is 9.86. The average molecular weight is 469 g/mol. The van der Waals surface area contributed by atoms with Gasteiger partial charge in [0.15, 0.2) is 5.11 Å². The van der Waals surface area contributed by atoms with Gasteiger partial charge in [-0.2, -0.15) is 0 Å². The summed E-state index contributed by atoms with van der Waals surface area (Å²) in [4.78, 5) is 9.32. The van der Waals surface area contributed by atoms with E-state index >= 15 is 0 Å². The van der Waals surface area contributed by atoms with Crippen molar-refractivity contribution in [2.24, 2.45) is 0 Å². The molecule has 1 fully saturated rings. The summed E-state index contributed by atoms with van der Waals surface area (Å²) >= 11 is 5.92. The molecule has 0 bridgehead atoms. The van der Waals surface area contributed by atoms with Crippen molar-refractivity contribution < 1.29 is 0 Å². The molecular weight excluding hydrogens is 436 g/mol. The van der Waals surface area contributed by atoms with Crippen molar-refractivity contribution in [1.29, 1.82) is 0 Å². The lowest BCUT2D eigenvalue weighted by molar-refractivity contribution is 0.566. The predicted molar refractivity (Wildman–Crippen MR) is 146 cm³/mol. The van der Waals surface area contributed by atoms with Gasteiger partial charge in [0, 0.05) is 30.2 Å². The van der Waals surface area contributed by atoms with Crippen LogP contribution in [0.3, 0.4) is 0 Å². The van der Waals surface area contributed by atoms with E-state index in [9.17, 15) is 0 Å².